The standard InChI is InChI=1S/C10H13N5O4/c1-3-5-10(6-4-2)7(16)12-13-9(11)14(8(10)17)15(18)19/h3-4H,1-2,5-6H2,(H2,11,13)(H,12,16). The molecule has 0 aromatic heterocycles. The quantitative estimate of drug-likeness (QED) is 0.300. The largest absolute Gasteiger partial charge is 0.363 e. The van der Waals surface area contributed by atoms with E-state index in [-0.39, 0.29) is 17.9 Å². The molecule has 0 fully saturated rings. The Bertz CT molecular complexity index is 474. The van der Waals surface area contributed by atoms with Crippen LogP contribution in [-0.4, -0.2) is 27.8 Å². The van der Waals surface area contributed by atoms with Gasteiger partial charge in [-0.05, 0) is 12.8 Å². The van der Waals surface area contributed by atoms with Gasteiger partial charge in [-0.2, -0.15) is 0 Å². The first-order valence-electron chi connectivity index (χ1n) is 5.25. The van der Waals surface area contributed by atoms with Crippen molar-refractivity contribution in [3.63, 3.8) is 0 Å². The van der Waals surface area contributed by atoms with Crippen LogP contribution in [0.4, 0.5) is 0 Å². The van der Waals surface area contributed by atoms with Gasteiger partial charge in [-0.3, -0.25) is 9.59 Å². The van der Waals surface area contributed by atoms with E-state index in [9.17, 15) is 19.7 Å². The molecule has 9 heteroatoms. The van der Waals surface area contributed by atoms with Gasteiger partial charge in [0.2, 0.25) is 0 Å². The maximum atomic E-state index is 12.3. The second kappa shape index (κ2) is 5.29. The molecule has 1 heterocycles. The Morgan fingerprint density at radius 3 is 2.37 bits per heavy atom. The number of allylic oxidation sites excluding steroid dienone is 2. The maximum absolute atomic E-state index is 12.3. The van der Waals surface area contributed by atoms with E-state index < -0.39 is 28.2 Å². The van der Waals surface area contributed by atoms with Crippen LogP contribution in [0.3, 0.4) is 0 Å². The fourth-order valence-corrected chi connectivity index (χ4v) is 1.76. The summed E-state index contributed by atoms with van der Waals surface area (Å²) in [6, 6.07) is 0. The summed E-state index contributed by atoms with van der Waals surface area (Å²) in [5.41, 5.74) is 5.60. The first kappa shape index (κ1) is 14.4. The van der Waals surface area contributed by atoms with Crippen LogP contribution in [0.15, 0.2) is 30.4 Å². The van der Waals surface area contributed by atoms with Crippen LogP contribution in [0.2, 0.25) is 0 Å². The molecular weight excluding hydrogens is 254 g/mol. The molecule has 1 rings (SSSR count). The summed E-state index contributed by atoms with van der Waals surface area (Å²) in [5, 5.41) is 13.2. The Hall–Kier alpha value is -2.71. The Morgan fingerprint density at radius 2 is 1.95 bits per heavy atom. The number of hydrazone groups is 1. The molecule has 0 aromatic carbocycles. The normalized spacial score (nSPS) is 18.1. The van der Waals surface area contributed by atoms with Gasteiger partial charge < -0.3 is 5.73 Å². The van der Waals surface area contributed by atoms with Gasteiger partial charge in [0, 0.05) is 5.01 Å². The molecule has 0 radical (unpaired) electrons. The van der Waals surface area contributed by atoms with Gasteiger partial charge in [0.1, 0.15) is 5.41 Å². The summed E-state index contributed by atoms with van der Waals surface area (Å²) < 4.78 is 0. The highest BCUT2D eigenvalue weighted by atomic mass is 16.7. The second-order valence-electron chi connectivity index (χ2n) is 3.83. The number of rotatable bonds is 5. The zero-order valence-corrected chi connectivity index (χ0v) is 10.0. The van der Waals surface area contributed by atoms with Crippen molar-refractivity contribution in [2.24, 2.45) is 16.3 Å². The minimum absolute atomic E-state index is 0.0465. The summed E-state index contributed by atoms with van der Waals surface area (Å²) in [4.78, 5) is 35.2. The van der Waals surface area contributed by atoms with E-state index in [1.807, 2.05) is 5.43 Å². The van der Waals surface area contributed by atoms with Gasteiger partial charge in [0.05, 0.1) is 0 Å². The first-order valence-corrected chi connectivity index (χ1v) is 5.25. The lowest BCUT2D eigenvalue weighted by atomic mass is 9.79. The number of hydrogen-bond acceptors (Lipinski definition) is 6. The van der Waals surface area contributed by atoms with Crippen molar-refractivity contribution in [3.8, 4) is 0 Å². The van der Waals surface area contributed by atoms with Gasteiger partial charge >= 0.3 is 5.91 Å². The Labute approximate surface area is 108 Å². The fourth-order valence-electron chi connectivity index (χ4n) is 1.76. The highest BCUT2D eigenvalue weighted by Crippen LogP contribution is 2.32. The summed E-state index contributed by atoms with van der Waals surface area (Å²) in [5.74, 6) is -2.57. The lowest BCUT2D eigenvalue weighted by molar-refractivity contribution is -0.610. The molecule has 0 spiro atoms. The zero-order chi connectivity index (χ0) is 14.6. The van der Waals surface area contributed by atoms with Crippen molar-refractivity contribution in [2.75, 3.05) is 0 Å². The minimum Gasteiger partial charge on any atom is -0.363 e. The second-order valence-corrected chi connectivity index (χ2v) is 3.83. The van der Waals surface area contributed by atoms with Crippen LogP contribution < -0.4 is 11.2 Å². The predicted octanol–water partition coefficient (Wildman–Crippen LogP) is -0.495. The Balaban J connectivity index is 3.39. The maximum Gasteiger partial charge on any atom is 0.309 e. The van der Waals surface area contributed by atoms with E-state index in [2.05, 4.69) is 18.3 Å². The number of carbonyl (C=O) groups excluding carboxylic acids is 2. The summed E-state index contributed by atoms with van der Waals surface area (Å²) >= 11 is 0. The van der Waals surface area contributed by atoms with Crippen molar-refractivity contribution in [1.29, 1.82) is 0 Å². The number of nitrogens with zero attached hydrogens (tertiary/aromatic N) is 3. The first-order chi connectivity index (χ1) is 8.90. The number of nitrogens with one attached hydrogen (secondary N) is 1. The minimum atomic E-state index is -1.72. The predicted molar refractivity (Wildman–Crippen MR) is 65.7 cm³/mol. The van der Waals surface area contributed by atoms with E-state index >= 15 is 0 Å². The lowest BCUT2D eigenvalue weighted by Crippen LogP contribution is -2.53. The monoisotopic (exact) mass is 267 g/mol. The summed E-state index contributed by atoms with van der Waals surface area (Å²) in [7, 11) is 0. The molecule has 0 atom stereocenters. The Morgan fingerprint density at radius 1 is 1.42 bits per heavy atom. The van der Waals surface area contributed by atoms with E-state index in [1.165, 1.54) is 12.2 Å². The number of guanidine groups is 1. The molecule has 0 saturated heterocycles. The van der Waals surface area contributed by atoms with E-state index in [4.69, 9.17) is 5.73 Å². The number of amides is 2. The molecule has 0 bridgehead atoms. The van der Waals surface area contributed by atoms with Crippen LogP contribution in [-0.2, 0) is 9.59 Å². The van der Waals surface area contributed by atoms with Crippen LogP contribution >= 0.6 is 0 Å². The molecule has 2 amide bonds. The third-order valence-electron chi connectivity index (χ3n) is 2.67. The lowest BCUT2D eigenvalue weighted by Gasteiger charge is -2.26. The van der Waals surface area contributed by atoms with Crippen molar-refractivity contribution in [1.82, 2.24) is 10.4 Å². The highest BCUT2D eigenvalue weighted by Gasteiger charge is 2.53. The number of hydrogen-bond donors (Lipinski definition) is 2. The van der Waals surface area contributed by atoms with Gasteiger partial charge in [0.25, 0.3) is 11.9 Å². The average Bonchev–Trinajstić information content (AvgIpc) is 2.42. The molecule has 0 aromatic rings. The van der Waals surface area contributed by atoms with Gasteiger partial charge in [0.15, 0.2) is 5.03 Å². The molecule has 0 unspecified atom stereocenters. The number of nitrogens with two attached hydrogens (primary N) is 1. The van der Waals surface area contributed by atoms with Gasteiger partial charge in [-0.25, -0.2) is 15.5 Å². The van der Waals surface area contributed by atoms with Crippen LogP contribution in [0.25, 0.3) is 0 Å². The van der Waals surface area contributed by atoms with E-state index in [0.717, 1.165) is 0 Å². The van der Waals surface area contributed by atoms with Gasteiger partial charge in [-0.1, -0.05) is 12.2 Å². The number of hydrazine groups is 1. The molecular formula is C10H13N5O4. The Kier molecular flexibility index (Phi) is 4.00. The molecule has 3 N–H and O–H groups in total. The molecule has 0 saturated carbocycles. The van der Waals surface area contributed by atoms with Crippen LogP contribution in [0, 0.1) is 15.5 Å². The zero-order valence-electron chi connectivity index (χ0n) is 10.0. The van der Waals surface area contributed by atoms with Crippen molar-refractivity contribution in [3.05, 3.63) is 35.4 Å². The van der Waals surface area contributed by atoms with E-state index in [1.54, 1.807) is 0 Å². The smallest absolute Gasteiger partial charge is 0.309 e. The van der Waals surface area contributed by atoms with E-state index in [0.29, 0.717) is 0 Å². The fraction of sp³-hybridized carbons (Fsp3) is 0.300. The summed E-state index contributed by atoms with van der Waals surface area (Å²) in [6.45, 7) is 6.89. The van der Waals surface area contributed by atoms with Crippen LogP contribution in [0.1, 0.15) is 12.8 Å². The van der Waals surface area contributed by atoms with Crippen LogP contribution in [0.5, 0.6) is 0 Å². The third kappa shape index (κ3) is 2.30. The summed E-state index contributed by atoms with van der Waals surface area (Å²) in [6.07, 6.45) is 2.44. The SMILES string of the molecule is C=CCC1(CC=C)C(=O)NN=C(N)N([N+](=O)[O-])C1=O. The molecule has 0 aliphatic carbocycles. The van der Waals surface area contributed by atoms with Gasteiger partial charge in [-0.15, -0.1) is 18.3 Å². The third-order valence-corrected chi connectivity index (χ3v) is 2.67. The molecule has 1 aliphatic heterocycles. The molecule has 19 heavy (non-hydrogen) atoms. The molecule has 102 valence electrons. The highest BCUT2D eigenvalue weighted by molar-refractivity contribution is 6.11. The number of carbonyl (C=O) groups is 2. The van der Waals surface area contributed by atoms with Crippen molar-refractivity contribution >= 4 is 17.8 Å². The number of nitro groups is 1. The average molecular weight is 267 g/mol. The molecule has 9 nitrogen and oxygen atoms in total. The van der Waals surface area contributed by atoms with Crippen molar-refractivity contribution in [2.45, 2.75) is 12.8 Å². The van der Waals surface area contributed by atoms with Crippen molar-refractivity contribution < 1.29 is 14.6 Å². The molecule has 1 aliphatic rings. The topological polar surface area (TPSA) is 131 Å².